The van der Waals surface area contributed by atoms with Crippen LogP contribution in [0.1, 0.15) is 17.3 Å². The van der Waals surface area contributed by atoms with E-state index in [0.717, 1.165) is 0 Å². The van der Waals surface area contributed by atoms with Crippen LogP contribution >= 0.6 is 0 Å². The zero-order valence-corrected chi connectivity index (χ0v) is 9.56. The van der Waals surface area contributed by atoms with Gasteiger partial charge in [0.15, 0.2) is 11.5 Å². The number of phenolic OH excluding ortho intramolecular Hbond substituents is 1. The zero-order valence-electron chi connectivity index (χ0n) is 9.56. The van der Waals surface area contributed by atoms with Crippen molar-refractivity contribution in [2.24, 2.45) is 0 Å². The molecule has 0 spiro atoms. The molecule has 1 aromatic rings. The zero-order chi connectivity index (χ0) is 12.6. The predicted octanol–water partition coefficient (Wildman–Crippen LogP) is 1.19. The third kappa shape index (κ3) is 4.18. The van der Waals surface area contributed by atoms with Crippen LogP contribution in [-0.4, -0.2) is 37.0 Å². The number of aliphatic hydroxyl groups excluding tert-OH is 1. The van der Waals surface area contributed by atoms with E-state index < -0.39 is 5.97 Å². The number of carbonyl (C=O) groups excluding carboxylic acids is 1. The third-order valence-electron chi connectivity index (χ3n) is 1.60. The van der Waals surface area contributed by atoms with Crippen molar-refractivity contribution in [3.63, 3.8) is 0 Å². The normalized spacial score (nSPS) is 8.75. The Morgan fingerprint density at radius 2 is 1.94 bits per heavy atom. The SMILES string of the molecule is CCO.COC(=O)c1ccc(O)c(OC)c1. The minimum atomic E-state index is -0.460. The number of aromatic hydroxyl groups is 1. The summed E-state index contributed by atoms with van der Waals surface area (Å²) in [4.78, 5) is 11.0. The summed E-state index contributed by atoms with van der Waals surface area (Å²) in [5, 5.41) is 16.8. The molecule has 0 saturated carbocycles. The van der Waals surface area contributed by atoms with Crippen LogP contribution in [0, 0.1) is 0 Å². The van der Waals surface area contributed by atoms with Gasteiger partial charge >= 0.3 is 5.97 Å². The quantitative estimate of drug-likeness (QED) is 0.743. The minimum Gasteiger partial charge on any atom is -0.504 e. The van der Waals surface area contributed by atoms with Gasteiger partial charge in [-0.3, -0.25) is 0 Å². The molecule has 0 radical (unpaired) electrons. The lowest BCUT2D eigenvalue weighted by atomic mass is 10.2. The van der Waals surface area contributed by atoms with E-state index >= 15 is 0 Å². The summed E-state index contributed by atoms with van der Waals surface area (Å²) in [5.74, 6) is -0.212. The molecule has 0 heterocycles. The average molecular weight is 228 g/mol. The van der Waals surface area contributed by atoms with E-state index in [1.807, 2.05) is 0 Å². The number of carbonyl (C=O) groups is 1. The van der Waals surface area contributed by atoms with Gasteiger partial charge < -0.3 is 19.7 Å². The molecular formula is C11H16O5. The summed E-state index contributed by atoms with van der Waals surface area (Å²) in [7, 11) is 2.71. The molecule has 1 rings (SSSR count). The van der Waals surface area contributed by atoms with Crippen LogP contribution in [0.25, 0.3) is 0 Å². The lowest BCUT2D eigenvalue weighted by Crippen LogP contribution is -2.01. The maximum absolute atomic E-state index is 11.0. The molecule has 0 aliphatic rings. The number of rotatable bonds is 2. The lowest BCUT2D eigenvalue weighted by Gasteiger charge is -2.04. The Bertz CT molecular complexity index is 335. The summed E-state index contributed by atoms with van der Waals surface area (Å²) in [6, 6.07) is 4.26. The molecule has 0 bridgehead atoms. The first kappa shape index (κ1) is 14.2. The van der Waals surface area contributed by atoms with Crippen LogP contribution in [0.15, 0.2) is 18.2 Å². The number of ether oxygens (including phenoxy) is 2. The average Bonchev–Trinajstić information content (AvgIpc) is 2.29. The second kappa shape index (κ2) is 7.53. The van der Waals surface area contributed by atoms with Crippen molar-refractivity contribution in [1.29, 1.82) is 0 Å². The van der Waals surface area contributed by atoms with Gasteiger partial charge in [-0.25, -0.2) is 4.79 Å². The van der Waals surface area contributed by atoms with E-state index in [1.165, 1.54) is 32.4 Å². The standard InChI is InChI=1S/C9H10O4.C2H6O/c1-12-8-5-6(9(11)13-2)3-4-7(8)10;1-2-3/h3-5,10H,1-2H3;3H,2H2,1H3. The highest BCUT2D eigenvalue weighted by Gasteiger charge is 2.08. The highest BCUT2D eigenvalue weighted by atomic mass is 16.5. The van der Waals surface area contributed by atoms with E-state index in [2.05, 4.69) is 4.74 Å². The second-order valence-corrected chi connectivity index (χ2v) is 2.69. The first-order chi connectivity index (χ1) is 7.60. The van der Waals surface area contributed by atoms with Gasteiger partial charge in [0.25, 0.3) is 0 Å². The fourth-order valence-corrected chi connectivity index (χ4v) is 0.922. The van der Waals surface area contributed by atoms with Crippen molar-refractivity contribution in [2.75, 3.05) is 20.8 Å². The fourth-order valence-electron chi connectivity index (χ4n) is 0.922. The lowest BCUT2D eigenvalue weighted by molar-refractivity contribution is 0.0600. The highest BCUT2D eigenvalue weighted by molar-refractivity contribution is 5.90. The molecule has 0 aliphatic heterocycles. The Kier molecular flexibility index (Phi) is 6.71. The van der Waals surface area contributed by atoms with E-state index in [1.54, 1.807) is 6.92 Å². The summed E-state index contributed by atoms with van der Waals surface area (Å²) in [6.07, 6.45) is 0. The molecule has 16 heavy (non-hydrogen) atoms. The van der Waals surface area contributed by atoms with Crippen molar-refractivity contribution in [2.45, 2.75) is 6.92 Å². The molecule has 0 fully saturated rings. The highest BCUT2D eigenvalue weighted by Crippen LogP contribution is 2.26. The molecule has 5 heteroatoms. The van der Waals surface area contributed by atoms with E-state index in [4.69, 9.17) is 9.84 Å². The molecule has 1 aromatic carbocycles. The monoisotopic (exact) mass is 228 g/mol. The Labute approximate surface area is 94.2 Å². The number of hydrogen-bond acceptors (Lipinski definition) is 5. The van der Waals surface area contributed by atoms with Crippen molar-refractivity contribution < 1.29 is 24.5 Å². The summed E-state index contributed by atoms with van der Waals surface area (Å²) in [6.45, 7) is 1.93. The molecule has 0 amide bonds. The van der Waals surface area contributed by atoms with Gasteiger partial charge in [-0.2, -0.15) is 0 Å². The number of methoxy groups -OCH3 is 2. The predicted molar refractivity (Wildman–Crippen MR) is 58.8 cm³/mol. The van der Waals surface area contributed by atoms with Crippen molar-refractivity contribution in [3.8, 4) is 11.5 Å². The second-order valence-electron chi connectivity index (χ2n) is 2.69. The van der Waals surface area contributed by atoms with Crippen LogP contribution < -0.4 is 4.74 Å². The Hall–Kier alpha value is -1.75. The third-order valence-corrected chi connectivity index (χ3v) is 1.60. The molecule has 0 unspecified atom stereocenters. The fraction of sp³-hybridized carbons (Fsp3) is 0.364. The van der Waals surface area contributed by atoms with Gasteiger partial charge in [0.1, 0.15) is 0 Å². The molecule has 0 saturated heterocycles. The Morgan fingerprint density at radius 3 is 2.38 bits per heavy atom. The number of aliphatic hydroxyl groups is 1. The molecule has 0 atom stereocenters. The summed E-state index contributed by atoms with van der Waals surface area (Å²) >= 11 is 0. The Balaban J connectivity index is 0.000000673. The first-order valence-electron chi connectivity index (χ1n) is 4.66. The number of phenols is 1. The van der Waals surface area contributed by atoms with E-state index in [-0.39, 0.29) is 18.1 Å². The van der Waals surface area contributed by atoms with Gasteiger partial charge in [-0.15, -0.1) is 0 Å². The molecular weight excluding hydrogens is 212 g/mol. The van der Waals surface area contributed by atoms with Crippen LogP contribution in [0.3, 0.4) is 0 Å². The Morgan fingerprint density at radius 1 is 1.38 bits per heavy atom. The van der Waals surface area contributed by atoms with Gasteiger partial charge in [-0.05, 0) is 25.1 Å². The molecule has 5 nitrogen and oxygen atoms in total. The topological polar surface area (TPSA) is 76.0 Å². The number of benzene rings is 1. The number of hydrogen-bond donors (Lipinski definition) is 2. The van der Waals surface area contributed by atoms with Gasteiger partial charge in [-0.1, -0.05) is 0 Å². The van der Waals surface area contributed by atoms with Crippen LogP contribution in [0.5, 0.6) is 11.5 Å². The molecule has 90 valence electrons. The smallest absolute Gasteiger partial charge is 0.337 e. The first-order valence-corrected chi connectivity index (χ1v) is 4.66. The molecule has 0 aliphatic carbocycles. The van der Waals surface area contributed by atoms with Crippen LogP contribution in [0.4, 0.5) is 0 Å². The van der Waals surface area contributed by atoms with Crippen molar-refractivity contribution in [1.82, 2.24) is 0 Å². The minimum absolute atomic E-state index is 0.00449. The number of esters is 1. The van der Waals surface area contributed by atoms with Gasteiger partial charge in [0.2, 0.25) is 0 Å². The largest absolute Gasteiger partial charge is 0.504 e. The summed E-state index contributed by atoms with van der Waals surface area (Å²) in [5.41, 5.74) is 0.345. The van der Waals surface area contributed by atoms with Crippen molar-refractivity contribution >= 4 is 5.97 Å². The van der Waals surface area contributed by atoms with E-state index in [0.29, 0.717) is 5.56 Å². The maximum atomic E-state index is 11.0. The van der Waals surface area contributed by atoms with Crippen molar-refractivity contribution in [3.05, 3.63) is 23.8 Å². The molecule has 0 aromatic heterocycles. The van der Waals surface area contributed by atoms with Gasteiger partial charge in [0.05, 0.1) is 19.8 Å². The van der Waals surface area contributed by atoms with E-state index in [9.17, 15) is 9.90 Å². The van der Waals surface area contributed by atoms with Gasteiger partial charge in [0, 0.05) is 6.61 Å². The van der Waals surface area contributed by atoms with Crippen LogP contribution in [-0.2, 0) is 4.74 Å². The van der Waals surface area contributed by atoms with Crippen LogP contribution in [0.2, 0.25) is 0 Å². The molecule has 2 N–H and O–H groups in total. The summed E-state index contributed by atoms with van der Waals surface area (Å²) < 4.78 is 9.32. The maximum Gasteiger partial charge on any atom is 0.337 e.